The van der Waals surface area contributed by atoms with E-state index in [-0.39, 0.29) is 11.8 Å². The summed E-state index contributed by atoms with van der Waals surface area (Å²) in [6.45, 7) is 2.85. The number of hydrogen-bond acceptors (Lipinski definition) is 4. The van der Waals surface area contributed by atoms with Crippen molar-refractivity contribution in [2.24, 2.45) is 5.92 Å². The molecule has 5 heteroatoms. The van der Waals surface area contributed by atoms with E-state index in [4.69, 9.17) is 14.2 Å². The first-order valence-electron chi connectivity index (χ1n) is 10.5. The zero-order chi connectivity index (χ0) is 18.6. The van der Waals surface area contributed by atoms with E-state index in [9.17, 15) is 4.79 Å². The lowest BCUT2D eigenvalue weighted by Crippen LogP contribution is -2.32. The lowest BCUT2D eigenvalue weighted by Gasteiger charge is -2.27. The van der Waals surface area contributed by atoms with Crippen molar-refractivity contribution in [1.29, 1.82) is 0 Å². The number of amides is 1. The van der Waals surface area contributed by atoms with Gasteiger partial charge in [0.1, 0.15) is 13.2 Å². The van der Waals surface area contributed by atoms with Crippen LogP contribution < -0.4 is 9.47 Å². The summed E-state index contributed by atoms with van der Waals surface area (Å²) in [7, 11) is 1.93. The third-order valence-electron chi connectivity index (χ3n) is 6.07. The van der Waals surface area contributed by atoms with Crippen LogP contribution in [0.5, 0.6) is 11.5 Å². The largest absolute Gasteiger partial charge is 0.486 e. The number of rotatable bonds is 7. The number of fused-ring (bicyclic) bond motifs is 1. The number of ether oxygens (including phenoxy) is 3. The highest BCUT2D eigenvalue weighted by Gasteiger charge is 2.35. The Morgan fingerprint density at radius 2 is 1.93 bits per heavy atom. The molecule has 2 aliphatic heterocycles. The molecular formula is C22H31NO4. The van der Waals surface area contributed by atoms with Gasteiger partial charge in [0.05, 0.1) is 6.10 Å². The van der Waals surface area contributed by atoms with E-state index in [1.807, 2.05) is 18.0 Å². The summed E-state index contributed by atoms with van der Waals surface area (Å²) >= 11 is 0. The Hall–Kier alpha value is -1.75. The molecular weight excluding hydrogens is 342 g/mol. The van der Waals surface area contributed by atoms with E-state index in [2.05, 4.69) is 12.1 Å². The molecule has 2 heterocycles. The van der Waals surface area contributed by atoms with Crippen molar-refractivity contribution in [1.82, 2.24) is 4.90 Å². The highest BCUT2D eigenvalue weighted by molar-refractivity contribution is 5.77. The second kappa shape index (κ2) is 8.51. The second-order valence-corrected chi connectivity index (χ2v) is 8.14. The Morgan fingerprint density at radius 1 is 1.11 bits per heavy atom. The molecule has 4 rings (SSSR count). The van der Waals surface area contributed by atoms with Crippen molar-refractivity contribution in [3.8, 4) is 11.5 Å². The predicted molar refractivity (Wildman–Crippen MR) is 103 cm³/mol. The van der Waals surface area contributed by atoms with Crippen molar-refractivity contribution >= 4 is 5.91 Å². The molecule has 2 fully saturated rings. The summed E-state index contributed by atoms with van der Waals surface area (Å²) in [6, 6.07) is 6.19. The summed E-state index contributed by atoms with van der Waals surface area (Å²) in [5.41, 5.74) is 1.21. The molecule has 2 unspecified atom stereocenters. The Balaban J connectivity index is 1.35. The van der Waals surface area contributed by atoms with Crippen LogP contribution in [0.1, 0.15) is 56.4 Å². The summed E-state index contributed by atoms with van der Waals surface area (Å²) < 4.78 is 17.2. The number of hydrogen-bond donors (Lipinski definition) is 0. The maximum absolute atomic E-state index is 12.8. The van der Waals surface area contributed by atoms with Crippen LogP contribution in [-0.4, -0.2) is 50.3 Å². The minimum atomic E-state index is 0.234. The van der Waals surface area contributed by atoms with Gasteiger partial charge in [0.15, 0.2) is 11.5 Å². The standard InChI is InChI=1S/C22H31NO4/c1-23(10-9-18-4-2-3-11-25-18)22(24)15-19(16-5-6-16)17-7-8-20-21(14-17)27-13-12-26-20/h7-8,14,16,18-19H,2-6,9-13,15H2,1H3. The van der Waals surface area contributed by atoms with Gasteiger partial charge in [-0.1, -0.05) is 6.07 Å². The molecule has 0 N–H and O–H groups in total. The number of carbonyl (C=O) groups excluding carboxylic acids is 1. The van der Waals surface area contributed by atoms with Gasteiger partial charge in [-0.05, 0) is 68.1 Å². The molecule has 0 radical (unpaired) electrons. The Bertz CT molecular complexity index is 652. The Kier molecular flexibility index (Phi) is 5.86. The molecule has 148 valence electrons. The molecule has 27 heavy (non-hydrogen) atoms. The Morgan fingerprint density at radius 3 is 2.67 bits per heavy atom. The maximum Gasteiger partial charge on any atom is 0.222 e. The SMILES string of the molecule is CN(CCC1CCCCO1)C(=O)CC(c1ccc2c(c1)OCCO2)C1CC1. The quantitative estimate of drug-likeness (QED) is 0.730. The molecule has 3 aliphatic rings. The molecule has 1 saturated heterocycles. The van der Waals surface area contributed by atoms with Gasteiger partial charge >= 0.3 is 0 Å². The lowest BCUT2D eigenvalue weighted by atomic mass is 9.90. The van der Waals surface area contributed by atoms with Crippen LogP contribution in [0.2, 0.25) is 0 Å². The fourth-order valence-electron chi connectivity index (χ4n) is 4.19. The summed E-state index contributed by atoms with van der Waals surface area (Å²) in [5, 5.41) is 0. The van der Waals surface area contributed by atoms with Crippen LogP contribution in [0.4, 0.5) is 0 Å². The van der Waals surface area contributed by atoms with Crippen molar-refractivity contribution in [3.63, 3.8) is 0 Å². The van der Waals surface area contributed by atoms with E-state index in [0.29, 0.717) is 31.7 Å². The third kappa shape index (κ3) is 4.75. The molecule has 0 bridgehead atoms. The van der Waals surface area contributed by atoms with Crippen LogP contribution in [0.3, 0.4) is 0 Å². The summed E-state index contributed by atoms with van der Waals surface area (Å²) in [6.07, 6.45) is 7.82. The van der Waals surface area contributed by atoms with E-state index >= 15 is 0 Å². The van der Waals surface area contributed by atoms with Crippen LogP contribution in [0, 0.1) is 5.92 Å². The van der Waals surface area contributed by atoms with Crippen LogP contribution >= 0.6 is 0 Å². The first-order chi connectivity index (χ1) is 13.2. The molecule has 1 aromatic carbocycles. The third-order valence-corrected chi connectivity index (χ3v) is 6.07. The van der Waals surface area contributed by atoms with Gasteiger partial charge < -0.3 is 19.1 Å². The van der Waals surface area contributed by atoms with Gasteiger partial charge in [0.2, 0.25) is 5.91 Å². The highest BCUT2D eigenvalue weighted by atomic mass is 16.6. The highest BCUT2D eigenvalue weighted by Crippen LogP contribution is 2.46. The first-order valence-corrected chi connectivity index (χ1v) is 10.5. The van der Waals surface area contributed by atoms with Crippen LogP contribution in [0.15, 0.2) is 18.2 Å². The molecule has 1 aromatic rings. The number of nitrogens with zero attached hydrogens (tertiary/aromatic N) is 1. The van der Waals surface area contributed by atoms with Gasteiger partial charge in [-0.3, -0.25) is 4.79 Å². The van der Waals surface area contributed by atoms with Gasteiger partial charge in [0, 0.05) is 26.6 Å². The zero-order valence-electron chi connectivity index (χ0n) is 16.3. The average Bonchev–Trinajstić information content (AvgIpc) is 3.55. The van der Waals surface area contributed by atoms with Crippen molar-refractivity contribution < 1.29 is 19.0 Å². The summed E-state index contributed by atoms with van der Waals surface area (Å²) in [4.78, 5) is 14.7. The van der Waals surface area contributed by atoms with Gasteiger partial charge in [-0.25, -0.2) is 0 Å². The normalized spacial score (nSPS) is 22.9. The van der Waals surface area contributed by atoms with Crippen LogP contribution in [0.25, 0.3) is 0 Å². The molecule has 1 amide bonds. The monoisotopic (exact) mass is 373 g/mol. The van der Waals surface area contributed by atoms with E-state index in [1.165, 1.54) is 31.2 Å². The minimum absolute atomic E-state index is 0.234. The van der Waals surface area contributed by atoms with Crippen molar-refractivity contribution in [2.45, 2.75) is 57.0 Å². The average molecular weight is 373 g/mol. The number of benzene rings is 1. The van der Waals surface area contributed by atoms with E-state index in [0.717, 1.165) is 37.5 Å². The molecule has 0 spiro atoms. The van der Waals surface area contributed by atoms with Crippen molar-refractivity contribution in [3.05, 3.63) is 23.8 Å². The molecule has 1 saturated carbocycles. The lowest BCUT2D eigenvalue weighted by molar-refractivity contribution is -0.130. The molecule has 5 nitrogen and oxygen atoms in total. The molecule has 2 atom stereocenters. The fourth-order valence-corrected chi connectivity index (χ4v) is 4.19. The Labute approximate surface area is 162 Å². The minimum Gasteiger partial charge on any atom is -0.486 e. The van der Waals surface area contributed by atoms with Gasteiger partial charge in [0.25, 0.3) is 0 Å². The van der Waals surface area contributed by atoms with Gasteiger partial charge in [-0.15, -0.1) is 0 Å². The van der Waals surface area contributed by atoms with E-state index < -0.39 is 0 Å². The topological polar surface area (TPSA) is 48.0 Å². The molecule has 0 aromatic heterocycles. The number of carbonyl (C=O) groups is 1. The smallest absolute Gasteiger partial charge is 0.222 e. The maximum atomic E-state index is 12.8. The summed E-state index contributed by atoms with van der Waals surface area (Å²) in [5.74, 6) is 2.76. The molecule has 1 aliphatic carbocycles. The van der Waals surface area contributed by atoms with Crippen molar-refractivity contribution in [2.75, 3.05) is 33.4 Å². The first kappa shape index (κ1) is 18.6. The zero-order valence-corrected chi connectivity index (χ0v) is 16.3. The van der Waals surface area contributed by atoms with E-state index in [1.54, 1.807) is 0 Å². The second-order valence-electron chi connectivity index (χ2n) is 8.14. The van der Waals surface area contributed by atoms with Gasteiger partial charge in [-0.2, -0.15) is 0 Å². The van der Waals surface area contributed by atoms with Crippen LogP contribution in [-0.2, 0) is 9.53 Å². The fraction of sp³-hybridized carbons (Fsp3) is 0.682. The predicted octanol–water partition coefficient (Wildman–Crippen LogP) is 3.76.